The van der Waals surface area contributed by atoms with Crippen LogP contribution in [0, 0.1) is 0 Å². The lowest BCUT2D eigenvalue weighted by Crippen LogP contribution is -2.25. The Kier molecular flexibility index (Phi) is 3.38. The topological polar surface area (TPSA) is 75.8 Å². The van der Waals surface area contributed by atoms with Gasteiger partial charge in [0.1, 0.15) is 12.3 Å². The van der Waals surface area contributed by atoms with Crippen LogP contribution in [0.5, 0.6) is 5.75 Å². The Morgan fingerprint density at radius 1 is 1.60 bits per heavy atom. The minimum atomic E-state index is -0.903. The fourth-order valence-electron chi connectivity index (χ4n) is 1.33. The summed E-state index contributed by atoms with van der Waals surface area (Å²) in [6.45, 7) is -0.0998. The molecule has 3 N–H and O–H groups in total. The largest absolute Gasteiger partial charge is 0.495 e. The van der Waals surface area contributed by atoms with Crippen LogP contribution in [0.3, 0.4) is 0 Å². The molecule has 0 saturated carbocycles. The Labute approximate surface area is 88.1 Å². The van der Waals surface area contributed by atoms with E-state index in [1.54, 1.807) is 30.1 Å². The van der Waals surface area contributed by atoms with E-state index in [0.29, 0.717) is 17.1 Å². The summed E-state index contributed by atoms with van der Waals surface area (Å²) in [5.74, 6) is -0.357. The van der Waals surface area contributed by atoms with Gasteiger partial charge in [0.15, 0.2) is 0 Å². The van der Waals surface area contributed by atoms with Crippen molar-refractivity contribution in [3.8, 4) is 5.75 Å². The number of benzene rings is 1. The number of likely N-dealkylation sites (N-methyl/N-ethyl adjacent to an activating group) is 1. The first-order valence-corrected chi connectivity index (χ1v) is 4.41. The van der Waals surface area contributed by atoms with Crippen LogP contribution in [0.25, 0.3) is 0 Å². The maximum atomic E-state index is 10.5. The number of nitrogen functional groups attached to an aromatic ring is 1. The van der Waals surface area contributed by atoms with E-state index in [-0.39, 0.29) is 6.54 Å². The van der Waals surface area contributed by atoms with Crippen molar-refractivity contribution in [2.75, 3.05) is 31.3 Å². The van der Waals surface area contributed by atoms with Gasteiger partial charge in [-0.3, -0.25) is 4.79 Å². The van der Waals surface area contributed by atoms with Gasteiger partial charge in [-0.2, -0.15) is 0 Å². The standard InChI is InChI=1S/C10H14N2O3/c1-12(6-9(13)14)7-4-3-5-8(15-2)10(7)11/h3-5H,6,11H2,1-2H3,(H,13,14). The van der Waals surface area contributed by atoms with Gasteiger partial charge in [-0.1, -0.05) is 6.07 Å². The Balaban J connectivity index is 2.98. The van der Waals surface area contributed by atoms with Crippen molar-refractivity contribution in [1.82, 2.24) is 0 Å². The molecule has 82 valence electrons. The third-order valence-corrected chi connectivity index (χ3v) is 2.05. The SMILES string of the molecule is COc1cccc(N(C)CC(=O)O)c1N. The highest BCUT2D eigenvalue weighted by atomic mass is 16.5. The quantitative estimate of drug-likeness (QED) is 0.719. The molecule has 0 aliphatic carbocycles. The van der Waals surface area contributed by atoms with Gasteiger partial charge >= 0.3 is 5.97 Å². The number of hydrogen-bond donors (Lipinski definition) is 2. The number of carboxylic acids is 1. The van der Waals surface area contributed by atoms with Gasteiger partial charge in [-0.15, -0.1) is 0 Å². The van der Waals surface area contributed by atoms with Gasteiger partial charge in [-0.05, 0) is 12.1 Å². The molecule has 0 aliphatic heterocycles. The average Bonchev–Trinajstić information content (AvgIpc) is 2.17. The molecule has 0 saturated heterocycles. The van der Waals surface area contributed by atoms with E-state index < -0.39 is 5.97 Å². The number of anilines is 2. The van der Waals surface area contributed by atoms with E-state index in [0.717, 1.165) is 0 Å². The van der Waals surface area contributed by atoms with Crippen molar-refractivity contribution in [1.29, 1.82) is 0 Å². The van der Waals surface area contributed by atoms with Gasteiger partial charge in [0.05, 0.1) is 18.5 Å². The summed E-state index contributed by atoms with van der Waals surface area (Å²) < 4.78 is 5.04. The smallest absolute Gasteiger partial charge is 0.323 e. The summed E-state index contributed by atoms with van der Waals surface area (Å²) in [5.41, 5.74) is 6.91. The molecule has 1 rings (SSSR count). The van der Waals surface area contributed by atoms with Crippen LogP contribution in [-0.4, -0.2) is 31.8 Å². The monoisotopic (exact) mass is 210 g/mol. The summed E-state index contributed by atoms with van der Waals surface area (Å²) in [5, 5.41) is 8.65. The minimum Gasteiger partial charge on any atom is -0.495 e. The van der Waals surface area contributed by atoms with Crippen LogP contribution in [0.1, 0.15) is 0 Å². The Hall–Kier alpha value is -1.91. The fraction of sp³-hybridized carbons (Fsp3) is 0.300. The van der Waals surface area contributed by atoms with E-state index in [4.69, 9.17) is 15.6 Å². The molecule has 0 bridgehead atoms. The number of carbonyl (C=O) groups is 1. The lowest BCUT2D eigenvalue weighted by molar-refractivity contribution is -0.135. The van der Waals surface area contributed by atoms with Gasteiger partial charge in [0, 0.05) is 7.05 Å². The first kappa shape index (κ1) is 11.2. The van der Waals surface area contributed by atoms with E-state index in [9.17, 15) is 4.79 Å². The van der Waals surface area contributed by atoms with Crippen molar-refractivity contribution in [3.63, 3.8) is 0 Å². The van der Waals surface area contributed by atoms with Crippen molar-refractivity contribution in [2.24, 2.45) is 0 Å². The number of nitrogens with two attached hydrogens (primary N) is 1. The van der Waals surface area contributed by atoms with Crippen LogP contribution in [0.15, 0.2) is 18.2 Å². The Bertz CT molecular complexity index is 366. The zero-order chi connectivity index (χ0) is 11.4. The molecule has 0 unspecified atom stereocenters. The second kappa shape index (κ2) is 4.54. The molecular weight excluding hydrogens is 196 g/mol. The zero-order valence-electron chi connectivity index (χ0n) is 8.73. The number of rotatable bonds is 4. The van der Waals surface area contributed by atoms with E-state index in [1.807, 2.05) is 0 Å². The van der Waals surface area contributed by atoms with Gasteiger partial charge < -0.3 is 20.5 Å². The summed E-state index contributed by atoms with van der Waals surface area (Å²) in [6, 6.07) is 5.25. The number of nitrogens with zero attached hydrogens (tertiary/aromatic N) is 1. The predicted octanol–water partition coefficient (Wildman–Crippen LogP) is 0.798. The van der Waals surface area contributed by atoms with Crippen molar-refractivity contribution < 1.29 is 14.6 Å². The van der Waals surface area contributed by atoms with Crippen LogP contribution in [-0.2, 0) is 4.79 Å². The number of para-hydroxylation sites is 1. The Morgan fingerprint density at radius 2 is 2.27 bits per heavy atom. The van der Waals surface area contributed by atoms with Crippen LogP contribution >= 0.6 is 0 Å². The average molecular weight is 210 g/mol. The van der Waals surface area contributed by atoms with Gasteiger partial charge in [0.25, 0.3) is 0 Å². The van der Waals surface area contributed by atoms with Crippen LogP contribution in [0.4, 0.5) is 11.4 Å². The second-order valence-electron chi connectivity index (χ2n) is 3.14. The maximum absolute atomic E-state index is 10.5. The van der Waals surface area contributed by atoms with Gasteiger partial charge in [-0.25, -0.2) is 0 Å². The molecule has 0 aliphatic rings. The summed E-state index contributed by atoms with van der Waals surface area (Å²) >= 11 is 0. The normalized spacial score (nSPS) is 9.73. The lowest BCUT2D eigenvalue weighted by atomic mass is 10.2. The number of hydrogen-bond acceptors (Lipinski definition) is 4. The number of carboxylic acid groups (broad SMARTS) is 1. The summed E-state index contributed by atoms with van der Waals surface area (Å²) in [6.07, 6.45) is 0. The number of aliphatic carboxylic acids is 1. The molecule has 0 spiro atoms. The number of methoxy groups -OCH3 is 1. The maximum Gasteiger partial charge on any atom is 0.323 e. The molecular formula is C10H14N2O3. The highest BCUT2D eigenvalue weighted by Crippen LogP contribution is 2.30. The van der Waals surface area contributed by atoms with E-state index in [2.05, 4.69) is 0 Å². The third kappa shape index (κ3) is 2.52. The van der Waals surface area contributed by atoms with Crippen molar-refractivity contribution in [2.45, 2.75) is 0 Å². The first-order chi connectivity index (χ1) is 7.06. The molecule has 0 heterocycles. The van der Waals surface area contributed by atoms with Crippen molar-refractivity contribution in [3.05, 3.63) is 18.2 Å². The molecule has 0 radical (unpaired) electrons. The molecule has 5 nitrogen and oxygen atoms in total. The van der Waals surface area contributed by atoms with E-state index in [1.165, 1.54) is 7.11 Å². The predicted molar refractivity (Wildman–Crippen MR) is 58.3 cm³/mol. The molecule has 5 heteroatoms. The lowest BCUT2D eigenvalue weighted by Gasteiger charge is -2.19. The van der Waals surface area contributed by atoms with E-state index >= 15 is 0 Å². The summed E-state index contributed by atoms with van der Waals surface area (Å²) in [4.78, 5) is 12.1. The first-order valence-electron chi connectivity index (χ1n) is 4.41. The highest BCUT2D eigenvalue weighted by Gasteiger charge is 2.11. The summed E-state index contributed by atoms with van der Waals surface area (Å²) in [7, 11) is 3.19. The third-order valence-electron chi connectivity index (χ3n) is 2.05. The highest BCUT2D eigenvalue weighted by molar-refractivity contribution is 5.79. The van der Waals surface area contributed by atoms with Gasteiger partial charge in [0.2, 0.25) is 0 Å². The zero-order valence-corrected chi connectivity index (χ0v) is 8.73. The number of ether oxygens (including phenoxy) is 1. The fourth-order valence-corrected chi connectivity index (χ4v) is 1.33. The second-order valence-corrected chi connectivity index (χ2v) is 3.14. The molecule has 0 amide bonds. The molecule has 0 atom stereocenters. The molecule has 1 aromatic rings. The minimum absolute atomic E-state index is 0.0998. The molecule has 0 fully saturated rings. The van der Waals surface area contributed by atoms with Crippen LogP contribution < -0.4 is 15.4 Å². The van der Waals surface area contributed by atoms with Crippen LogP contribution in [0.2, 0.25) is 0 Å². The van der Waals surface area contributed by atoms with Crippen molar-refractivity contribution >= 4 is 17.3 Å². The molecule has 0 aromatic heterocycles. The Morgan fingerprint density at radius 3 is 2.80 bits per heavy atom. The molecule has 1 aromatic carbocycles. The molecule has 15 heavy (non-hydrogen) atoms.